The smallest absolute Gasteiger partial charge is 0.242 e. The van der Waals surface area contributed by atoms with Crippen LogP contribution in [0.2, 0.25) is 0 Å². The minimum absolute atomic E-state index is 0.0685. The summed E-state index contributed by atoms with van der Waals surface area (Å²) in [6.07, 6.45) is 0. The zero-order valence-electron chi connectivity index (χ0n) is 12.5. The van der Waals surface area contributed by atoms with Gasteiger partial charge in [0.05, 0.1) is 23.5 Å². The Labute approximate surface area is 129 Å². The molecular weight excluding hydrogens is 290 g/mol. The number of carbonyl (C=O) groups excluding carboxylic acids is 1. The number of carbonyl (C=O) groups is 1. The molecule has 1 aromatic carbocycles. The van der Waals surface area contributed by atoms with Gasteiger partial charge >= 0.3 is 0 Å². The summed E-state index contributed by atoms with van der Waals surface area (Å²) in [5, 5.41) is 2.85. The van der Waals surface area contributed by atoms with E-state index >= 15 is 0 Å². The number of halogens is 1. The van der Waals surface area contributed by atoms with Crippen LogP contribution in [0.15, 0.2) is 18.2 Å². The van der Waals surface area contributed by atoms with Gasteiger partial charge in [0.15, 0.2) is 0 Å². The molecule has 0 saturated carbocycles. The van der Waals surface area contributed by atoms with Gasteiger partial charge in [-0.1, -0.05) is 12.1 Å². The predicted molar refractivity (Wildman–Crippen MR) is 83.6 cm³/mol. The van der Waals surface area contributed by atoms with Crippen molar-refractivity contribution in [3.8, 4) is 0 Å². The van der Waals surface area contributed by atoms with Crippen LogP contribution >= 0.6 is 11.6 Å². The summed E-state index contributed by atoms with van der Waals surface area (Å²) < 4.78 is 6.86. The molecule has 0 aliphatic heterocycles. The average molecular weight is 310 g/mol. The Morgan fingerprint density at radius 3 is 2.95 bits per heavy atom. The van der Waals surface area contributed by atoms with Crippen LogP contribution in [-0.2, 0) is 15.4 Å². The number of alkyl halides is 1. The lowest BCUT2D eigenvalue weighted by Gasteiger charge is -2.17. The Balaban J connectivity index is 2.37. The standard InChI is InChI=1S/C15H20ClN3O2/c1-10-5-4-6-12-14(10)19(13(9-16)18-12)11(2)15(20)17-7-8-21-3/h4-6,11H,7-9H2,1-3H3,(H,17,20). The van der Waals surface area contributed by atoms with Crippen molar-refractivity contribution in [3.05, 3.63) is 29.6 Å². The van der Waals surface area contributed by atoms with E-state index in [1.807, 2.05) is 36.6 Å². The maximum absolute atomic E-state index is 12.3. The van der Waals surface area contributed by atoms with Crippen LogP contribution in [0.3, 0.4) is 0 Å². The number of ether oxygens (including phenoxy) is 1. The number of hydrogen-bond donors (Lipinski definition) is 1. The van der Waals surface area contributed by atoms with Gasteiger partial charge in [0, 0.05) is 13.7 Å². The third-order valence-corrected chi connectivity index (χ3v) is 3.72. The summed E-state index contributed by atoms with van der Waals surface area (Å²) >= 11 is 6.00. The lowest BCUT2D eigenvalue weighted by molar-refractivity contribution is -0.124. The van der Waals surface area contributed by atoms with E-state index in [0.717, 1.165) is 16.6 Å². The number of methoxy groups -OCH3 is 1. The lowest BCUT2D eigenvalue weighted by Crippen LogP contribution is -2.33. The summed E-state index contributed by atoms with van der Waals surface area (Å²) in [6, 6.07) is 5.52. The van der Waals surface area contributed by atoms with Crippen molar-refractivity contribution in [2.24, 2.45) is 0 Å². The summed E-state index contributed by atoms with van der Waals surface area (Å²) in [4.78, 5) is 16.8. The van der Waals surface area contributed by atoms with Gasteiger partial charge in [0.1, 0.15) is 11.9 Å². The monoisotopic (exact) mass is 309 g/mol. The van der Waals surface area contributed by atoms with E-state index in [1.54, 1.807) is 7.11 Å². The van der Waals surface area contributed by atoms with Gasteiger partial charge in [-0.05, 0) is 25.5 Å². The molecule has 1 amide bonds. The topological polar surface area (TPSA) is 56.1 Å². The SMILES string of the molecule is COCCNC(=O)C(C)n1c(CCl)nc2cccc(C)c21. The quantitative estimate of drug-likeness (QED) is 0.658. The minimum atomic E-state index is -0.373. The second-order valence-electron chi connectivity index (χ2n) is 4.93. The first-order valence-corrected chi connectivity index (χ1v) is 7.42. The minimum Gasteiger partial charge on any atom is -0.383 e. The summed E-state index contributed by atoms with van der Waals surface area (Å²) in [7, 11) is 1.61. The molecule has 5 nitrogen and oxygen atoms in total. The van der Waals surface area contributed by atoms with Crippen molar-refractivity contribution in [3.63, 3.8) is 0 Å². The number of aryl methyl sites for hydroxylation is 1. The van der Waals surface area contributed by atoms with Crippen LogP contribution < -0.4 is 5.32 Å². The molecule has 1 heterocycles. The van der Waals surface area contributed by atoms with Gasteiger partial charge in [-0.25, -0.2) is 4.98 Å². The zero-order chi connectivity index (χ0) is 15.4. The van der Waals surface area contributed by atoms with Crippen molar-refractivity contribution in [1.29, 1.82) is 0 Å². The number of hydrogen-bond acceptors (Lipinski definition) is 3. The van der Waals surface area contributed by atoms with E-state index < -0.39 is 0 Å². The molecule has 1 aromatic heterocycles. The van der Waals surface area contributed by atoms with E-state index in [2.05, 4.69) is 10.3 Å². The summed E-state index contributed by atoms with van der Waals surface area (Å²) in [5.74, 6) is 0.903. The second kappa shape index (κ2) is 6.91. The molecule has 0 aliphatic carbocycles. The van der Waals surface area contributed by atoms with Crippen LogP contribution in [0.1, 0.15) is 24.4 Å². The fraction of sp³-hybridized carbons (Fsp3) is 0.467. The molecule has 0 aliphatic rings. The molecule has 114 valence electrons. The molecular formula is C15H20ClN3O2. The fourth-order valence-corrected chi connectivity index (χ4v) is 2.61. The predicted octanol–water partition coefficient (Wildman–Crippen LogP) is 2.41. The molecule has 0 spiro atoms. The maximum atomic E-state index is 12.3. The molecule has 0 radical (unpaired) electrons. The van der Waals surface area contributed by atoms with Crippen LogP contribution in [0.5, 0.6) is 0 Å². The highest BCUT2D eigenvalue weighted by molar-refractivity contribution is 6.17. The molecule has 0 fully saturated rings. The molecule has 1 atom stereocenters. The number of imidazole rings is 1. The maximum Gasteiger partial charge on any atom is 0.242 e. The number of amides is 1. The van der Waals surface area contributed by atoms with Crippen LogP contribution in [0.4, 0.5) is 0 Å². The van der Waals surface area contributed by atoms with E-state index in [9.17, 15) is 4.79 Å². The number of aromatic nitrogens is 2. The number of rotatable bonds is 6. The first-order chi connectivity index (χ1) is 10.1. The van der Waals surface area contributed by atoms with Crippen molar-refractivity contribution in [2.45, 2.75) is 25.8 Å². The first kappa shape index (κ1) is 15.8. The lowest BCUT2D eigenvalue weighted by atomic mass is 10.2. The molecule has 21 heavy (non-hydrogen) atoms. The molecule has 6 heteroatoms. The van der Waals surface area contributed by atoms with E-state index in [1.165, 1.54) is 0 Å². The Morgan fingerprint density at radius 1 is 1.52 bits per heavy atom. The van der Waals surface area contributed by atoms with E-state index in [4.69, 9.17) is 16.3 Å². The molecule has 2 rings (SSSR count). The van der Waals surface area contributed by atoms with Gasteiger partial charge < -0.3 is 14.6 Å². The number of para-hydroxylation sites is 1. The van der Waals surface area contributed by atoms with Crippen LogP contribution in [-0.4, -0.2) is 35.7 Å². The normalized spacial score (nSPS) is 12.6. The van der Waals surface area contributed by atoms with Crippen molar-refractivity contribution in [2.75, 3.05) is 20.3 Å². The molecule has 0 saturated heterocycles. The Morgan fingerprint density at radius 2 is 2.29 bits per heavy atom. The summed E-state index contributed by atoms with van der Waals surface area (Å²) in [6.45, 7) is 4.84. The average Bonchev–Trinajstić information content (AvgIpc) is 2.86. The number of nitrogens with one attached hydrogen (secondary N) is 1. The van der Waals surface area contributed by atoms with Gasteiger partial charge in [-0.2, -0.15) is 0 Å². The third kappa shape index (κ3) is 3.19. The summed E-state index contributed by atoms with van der Waals surface area (Å²) in [5.41, 5.74) is 2.90. The van der Waals surface area contributed by atoms with Crippen LogP contribution in [0, 0.1) is 6.92 Å². The van der Waals surface area contributed by atoms with Gasteiger partial charge in [-0.15, -0.1) is 11.6 Å². The zero-order valence-corrected chi connectivity index (χ0v) is 13.3. The van der Waals surface area contributed by atoms with Gasteiger partial charge in [-0.3, -0.25) is 4.79 Å². The fourth-order valence-electron chi connectivity index (χ4n) is 2.42. The number of fused-ring (bicyclic) bond motifs is 1. The molecule has 2 aromatic rings. The van der Waals surface area contributed by atoms with Gasteiger partial charge in [0.25, 0.3) is 0 Å². The number of benzene rings is 1. The highest BCUT2D eigenvalue weighted by Crippen LogP contribution is 2.25. The van der Waals surface area contributed by atoms with Gasteiger partial charge in [0.2, 0.25) is 5.91 Å². The molecule has 0 bridgehead atoms. The largest absolute Gasteiger partial charge is 0.383 e. The highest BCUT2D eigenvalue weighted by Gasteiger charge is 2.21. The van der Waals surface area contributed by atoms with Crippen molar-refractivity contribution in [1.82, 2.24) is 14.9 Å². The highest BCUT2D eigenvalue weighted by atomic mass is 35.5. The van der Waals surface area contributed by atoms with Crippen molar-refractivity contribution < 1.29 is 9.53 Å². The van der Waals surface area contributed by atoms with E-state index in [-0.39, 0.29) is 17.8 Å². The first-order valence-electron chi connectivity index (χ1n) is 6.89. The van der Waals surface area contributed by atoms with Crippen LogP contribution in [0.25, 0.3) is 11.0 Å². The molecule has 1 unspecified atom stereocenters. The Kier molecular flexibility index (Phi) is 5.20. The Bertz CT molecular complexity index is 639. The number of nitrogens with zero attached hydrogens (tertiary/aromatic N) is 2. The van der Waals surface area contributed by atoms with E-state index in [0.29, 0.717) is 19.0 Å². The third-order valence-electron chi connectivity index (χ3n) is 3.48. The van der Waals surface area contributed by atoms with Crippen molar-refractivity contribution >= 4 is 28.5 Å². The second-order valence-corrected chi connectivity index (χ2v) is 5.20. The Hall–Kier alpha value is -1.59. The molecule has 1 N–H and O–H groups in total.